The maximum absolute atomic E-state index is 11.2. The van der Waals surface area contributed by atoms with E-state index in [0.717, 1.165) is 22.9 Å². The second kappa shape index (κ2) is 3.90. The molecule has 0 amide bonds. The predicted octanol–water partition coefficient (Wildman–Crippen LogP) is 2.55. The highest BCUT2D eigenvalue weighted by Gasteiger charge is 2.15. The molecule has 0 bridgehead atoms. The normalized spacial score (nSPS) is 17.4. The summed E-state index contributed by atoms with van der Waals surface area (Å²) in [7, 11) is 1.40. The summed E-state index contributed by atoms with van der Waals surface area (Å²) in [6.45, 7) is 1.96. The highest BCUT2D eigenvalue weighted by Crippen LogP contribution is 2.27. The van der Waals surface area contributed by atoms with Gasteiger partial charge in [0, 0.05) is 0 Å². The summed E-state index contributed by atoms with van der Waals surface area (Å²) < 4.78 is 5.71. The smallest absolute Gasteiger partial charge is 0.337 e. The Balaban J connectivity index is 2.93. The highest BCUT2D eigenvalue weighted by molar-refractivity contribution is 9.11. The Hall–Kier alpha value is -0.570. The molecule has 0 saturated heterocycles. The van der Waals surface area contributed by atoms with Gasteiger partial charge in [0.2, 0.25) is 0 Å². The molecule has 0 fully saturated rings. The van der Waals surface area contributed by atoms with Crippen LogP contribution in [0.5, 0.6) is 0 Å². The third-order valence-corrected chi connectivity index (χ3v) is 2.53. The number of esters is 1. The number of carbonyl (C=O) groups excluding carboxylic acids is 1. The Kier molecular flexibility index (Phi) is 3.09. The van der Waals surface area contributed by atoms with Gasteiger partial charge in [0.1, 0.15) is 0 Å². The number of allylic oxidation sites excluding steroid dienone is 2. The van der Waals surface area contributed by atoms with Gasteiger partial charge >= 0.3 is 5.97 Å². The fourth-order valence-electron chi connectivity index (χ4n) is 1.14. The van der Waals surface area contributed by atoms with E-state index in [1.54, 1.807) is 0 Å². The maximum atomic E-state index is 11.2. The standard InChI is InChI=1S/C9H11BrO2/c1-6-3-4-7(10)5-8(6)9(11)12-2/h5H,3-4H2,1-2H3. The summed E-state index contributed by atoms with van der Waals surface area (Å²) in [5.74, 6) is -0.246. The van der Waals surface area contributed by atoms with Crippen LogP contribution in [0, 0.1) is 0 Å². The first-order valence-corrected chi connectivity index (χ1v) is 4.58. The summed E-state index contributed by atoms with van der Waals surface area (Å²) in [4.78, 5) is 11.2. The van der Waals surface area contributed by atoms with Gasteiger partial charge in [-0.2, -0.15) is 0 Å². The Morgan fingerprint density at radius 3 is 2.83 bits per heavy atom. The highest BCUT2D eigenvalue weighted by atomic mass is 79.9. The minimum atomic E-state index is -0.246. The van der Waals surface area contributed by atoms with Crippen molar-refractivity contribution >= 4 is 21.9 Å². The van der Waals surface area contributed by atoms with Crippen LogP contribution < -0.4 is 0 Å². The number of carbonyl (C=O) groups is 1. The first kappa shape index (κ1) is 9.52. The molecule has 0 aliphatic heterocycles. The van der Waals surface area contributed by atoms with E-state index in [4.69, 9.17) is 0 Å². The molecule has 0 N–H and O–H groups in total. The van der Waals surface area contributed by atoms with Gasteiger partial charge in [-0.15, -0.1) is 0 Å². The van der Waals surface area contributed by atoms with Crippen LogP contribution in [-0.2, 0) is 9.53 Å². The molecule has 1 rings (SSSR count). The number of ether oxygens (including phenoxy) is 1. The average molecular weight is 231 g/mol. The van der Waals surface area contributed by atoms with Crippen molar-refractivity contribution in [3.05, 3.63) is 21.7 Å². The molecule has 0 spiro atoms. The third-order valence-electron chi connectivity index (χ3n) is 1.90. The molecule has 0 radical (unpaired) electrons. The van der Waals surface area contributed by atoms with Crippen molar-refractivity contribution in [1.82, 2.24) is 0 Å². The maximum Gasteiger partial charge on any atom is 0.337 e. The van der Waals surface area contributed by atoms with E-state index >= 15 is 0 Å². The molecule has 0 heterocycles. The molecule has 0 saturated carbocycles. The Morgan fingerprint density at radius 1 is 1.58 bits per heavy atom. The monoisotopic (exact) mass is 230 g/mol. The number of rotatable bonds is 1. The summed E-state index contributed by atoms with van der Waals surface area (Å²) >= 11 is 3.37. The summed E-state index contributed by atoms with van der Waals surface area (Å²) in [6, 6.07) is 0. The van der Waals surface area contributed by atoms with E-state index in [-0.39, 0.29) is 5.97 Å². The van der Waals surface area contributed by atoms with Crippen molar-refractivity contribution in [2.24, 2.45) is 0 Å². The van der Waals surface area contributed by atoms with Gasteiger partial charge in [0.25, 0.3) is 0 Å². The van der Waals surface area contributed by atoms with E-state index in [9.17, 15) is 4.79 Å². The SMILES string of the molecule is COC(=O)C1=C(C)CCC(Br)=C1. The van der Waals surface area contributed by atoms with Crippen LogP contribution in [0.2, 0.25) is 0 Å². The predicted molar refractivity (Wildman–Crippen MR) is 51.0 cm³/mol. The fraction of sp³-hybridized carbons (Fsp3) is 0.444. The molecule has 0 aromatic heterocycles. The van der Waals surface area contributed by atoms with Gasteiger partial charge in [0.05, 0.1) is 12.7 Å². The molecular weight excluding hydrogens is 220 g/mol. The van der Waals surface area contributed by atoms with Crippen molar-refractivity contribution in [2.75, 3.05) is 7.11 Å². The minimum absolute atomic E-state index is 0.246. The second-order valence-corrected chi connectivity index (χ2v) is 3.80. The first-order chi connectivity index (χ1) is 5.65. The van der Waals surface area contributed by atoms with Gasteiger partial charge in [-0.05, 0) is 30.3 Å². The lowest BCUT2D eigenvalue weighted by molar-refractivity contribution is -0.135. The van der Waals surface area contributed by atoms with E-state index in [1.807, 2.05) is 13.0 Å². The molecule has 1 aliphatic carbocycles. The Morgan fingerprint density at radius 2 is 2.25 bits per heavy atom. The molecule has 0 atom stereocenters. The van der Waals surface area contributed by atoms with E-state index in [0.29, 0.717) is 5.57 Å². The van der Waals surface area contributed by atoms with Crippen LogP contribution in [0.15, 0.2) is 21.7 Å². The quantitative estimate of drug-likeness (QED) is 0.648. The van der Waals surface area contributed by atoms with Crippen LogP contribution >= 0.6 is 15.9 Å². The zero-order chi connectivity index (χ0) is 9.14. The van der Waals surface area contributed by atoms with Crippen molar-refractivity contribution in [1.29, 1.82) is 0 Å². The zero-order valence-electron chi connectivity index (χ0n) is 7.19. The van der Waals surface area contributed by atoms with Crippen molar-refractivity contribution in [2.45, 2.75) is 19.8 Å². The zero-order valence-corrected chi connectivity index (χ0v) is 8.77. The van der Waals surface area contributed by atoms with Gasteiger partial charge < -0.3 is 4.74 Å². The largest absolute Gasteiger partial charge is 0.465 e. The third kappa shape index (κ3) is 1.97. The molecule has 66 valence electrons. The number of hydrogen-bond donors (Lipinski definition) is 0. The van der Waals surface area contributed by atoms with Gasteiger partial charge in [-0.1, -0.05) is 21.5 Å². The van der Waals surface area contributed by atoms with Crippen LogP contribution in [0.3, 0.4) is 0 Å². The molecule has 0 aromatic carbocycles. The van der Waals surface area contributed by atoms with Crippen LogP contribution in [0.25, 0.3) is 0 Å². The fourth-order valence-corrected chi connectivity index (χ4v) is 1.56. The lowest BCUT2D eigenvalue weighted by Crippen LogP contribution is -2.07. The van der Waals surface area contributed by atoms with E-state index < -0.39 is 0 Å². The van der Waals surface area contributed by atoms with Crippen molar-refractivity contribution in [3.63, 3.8) is 0 Å². The van der Waals surface area contributed by atoms with Gasteiger partial charge in [-0.3, -0.25) is 0 Å². The Labute approximate surface area is 80.4 Å². The molecule has 12 heavy (non-hydrogen) atoms. The topological polar surface area (TPSA) is 26.3 Å². The van der Waals surface area contributed by atoms with Crippen LogP contribution in [0.4, 0.5) is 0 Å². The van der Waals surface area contributed by atoms with Crippen LogP contribution in [0.1, 0.15) is 19.8 Å². The number of halogens is 1. The first-order valence-electron chi connectivity index (χ1n) is 3.79. The molecule has 1 aliphatic rings. The van der Waals surface area contributed by atoms with Gasteiger partial charge in [-0.25, -0.2) is 4.79 Å². The molecular formula is C9H11BrO2. The lowest BCUT2D eigenvalue weighted by Gasteiger charge is -2.12. The van der Waals surface area contributed by atoms with Gasteiger partial charge in [0.15, 0.2) is 0 Å². The molecule has 3 heteroatoms. The molecule has 2 nitrogen and oxygen atoms in total. The second-order valence-electron chi connectivity index (χ2n) is 2.78. The summed E-state index contributed by atoms with van der Waals surface area (Å²) in [5, 5.41) is 0. The van der Waals surface area contributed by atoms with Crippen molar-refractivity contribution < 1.29 is 9.53 Å². The number of methoxy groups -OCH3 is 1. The van der Waals surface area contributed by atoms with E-state index in [2.05, 4.69) is 20.7 Å². The summed E-state index contributed by atoms with van der Waals surface area (Å²) in [6.07, 6.45) is 3.75. The number of hydrogen-bond acceptors (Lipinski definition) is 2. The average Bonchev–Trinajstić information content (AvgIpc) is 2.08. The lowest BCUT2D eigenvalue weighted by atomic mass is 9.99. The van der Waals surface area contributed by atoms with E-state index in [1.165, 1.54) is 7.11 Å². The summed E-state index contributed by atoms with van der Waals surface area (Å²) in [5.41, 5.74) is 1.79. The van der Waals surface area contributed by atoms with Crippen molar-refractivity contribution in [3.8, 4) is 0 Å². The molecule has 0 aromatic rings. The van der Waals surface area contributed by atoms with Crippen LogP contribution in [-0.4, -0.2) is 13.1 Å². The molecule has 0 unspecified atom stereocenters. The minimum Gasteiger partial charge on any atom is -0.465 e. The Bertz CT molecular complexity index is 264.